The number of hydrogen-bond acceptors (Lipinski definition) is 4. The van der Waals surface area contributed by atoms with Gasteiger partial charge in [-0.2, -0.15) is 4.72 Å². The summed E-state index contributed by atoms with van der Waals surface area (Å²) in [7, 11) is -4.18. The molecule has 1 aromatic rings. The second kappa shape index (κ2) is 7.18. The van der Waals surface area contributed by atoms with Crippen LogP contribution in [0.1, 0.15) is 46.0 Å². The van der Waals surface area contributed by atoms with Gasteiger partial charge in [-0.1, -0.05) is 12.1 Å². The number of hydrogen-bond donors (Lipinski definition) is 3. The van der Waals surface area contributed by atoms with Crippen LogP contribution in [0.25, 0.3) is 0 Å². The summed E-state index contributed by atoms with van der Waals surface area (Å²) in [6, 6.07) is 5.13. The molecule has 4 aliphatic carbocycles. The molecule has 4 bridgehead atoms. The minimum atomic E-state index is -4.18. The highest BCUT2D eigenvalue weighted by atomic mass is 35.5. The van der Waals surface area contributed by atoms with Crippen molar-refractivity contribution in [1.29, 1.82) is 0 Å². The highest BCUT2D eigenvalue weighted by molar-refractivity contribution is 7.89. The Morgan fingerprint density at radius 3 is 2.38 bits per heavy atom. The molecule has 4 fully saturated rings. The Bertz CT molecular complexity index is 907. The van der Waals surface area contributed by atoms with Crippen LogP contribution in [0.3, 0.4) is 0 Å². The monoisotopic (exact) mass is 443 g/mol. The Labute approximate surface area is 176 Å². The van der Waals surface area contributed by atoms with Gasteiger partial charge >= 0.3 is 0 Å². The first kappa shape index (κ1) is 21.0. The zero-order valence-corrected chi connectivity index (χ0v) is 18.1. The van der Waals surface area contributed by atoms with Crippen LogP contribution < -0.4 is 14.9 Å². The van der Waals surface area contributed by atoms with Crippen LogP contribution in [0, 0.1) is 23.6 Å². The predicted octanol–water partition coefficient (Wildman–Crippen LogP) is 2.69. The number of amides is 1. The second-order valence-corrected chi connectivity index (χ2v) is 11.3. The van der Waals surface area contributed by atoms with E-state index in [0.29, 0.717) is 17.8 Å². The van der Waals surface area contributed by atoms with E-state index >= 15 is 0 Å². The molecule has 0 radical (unpaired) electrons. The van der Waals surface area contributed by atoms with E-state index in [1.807, 2.05) is 0 Å². The Balaban J connectivity index is 1.48. The van der Waals surface area contributed by atoms with Gasteiger partial charge < -0.3 is 5.32 Å². The van der Waals surface area contributed by atoms with Crippen molar-refractivity contribution >= 4 is 27.7 Å². The van der Waals surface area contributed by atoms with E-state index in [4.69, 9.17) is 11.8 Å². The van der Waals surface area contributed by atoms with Gasteiger partial charge in [0, 0.05) is 11.6 Å². The van der Waals surface area contributed by atoms with E-state index in [2.05, 4.69) is 14.9 Å². The first-order valence-corrected chi connectivity index (χ1v) is 11.9. The molecule has 2 unspecified atom stereocenters. The number of halogens is 2. The van der Waals surface area contributed by atoms with Gasteiger partial charge in [0.15, 0.2) is 0 Å². The van der Waals surface area contributed by atoms with Crippen molar-refractivity contribution < 1.29 is 17.6 Å². The van der Waals surface area contributed by atoms with E-state index < -0.39 is 32.2 Å². The summed E-state index contributed by atoms with van der Waals surface area (Å²) in [4.78, 5) is 15.6. The third-order valence-electron chi connectivity index (χ3n) is 6.85. The molecule has 0 aliphatic heterocycles. The summed E-state index contributed by atoms with van der Waals surface area (Å²) >= 11 is 6.05. The molecule has 0 aromatic heterocycles. The second-order valence-electron chi connectivity index (χ2n) is 9.50. The number of rotatable bonds is 6. The fraction of sp³-hybridized carbons (Fsp3) is 0.650. The lowest BCUT2D eigenvalue weighted by molar-refractivity contribution is -0.130. The molecule has 3 N–H and O–H groups in total. The maximum absolute atomic E-state index is 14.0. The summed E-state index contributed by atoms with van der Waals surface area (Å²) in [6.45, 7) is 3.00. The van der Waals surface area contributed by atoms with Gasteiger partial charge in [-0.15, -0.1) is 0 Å². The molecule has 0 spiro atoms. The van der Waals surface area contributed by atoms with Gasteiger partial charge in [0.2, 0.25) is 15.9 Å². The number of carbonyl (C=O) groups excluding carboxylic acids is 1. The summed E-state index contributed by atoms with van der Waals surface area (Å²) in [6.07, 6.45) is 5.02. The van der Waals surface area contributed by atoms with Crippen molar-refractivity contribution in [2.45, 2.75) is 68.0 Å². The molecule has 9 heteroatoms. The maximum atomic E-state index is 14.0. The smallest absolute Gasteiger partial charge is 0.244 e. The van der Waals surface area contributed by atoms with Gasteiger partial charge in [0.1, 0.15) is 16.3 Å². The van der Waals surface area contributed by atoms with Crippen molar-refractivity contribution in [3.63, 3.8) is 0 Å². The Morgan fingerprint density at radius 1 is 1.17 bits per heavy atom. The van der Waals surface area contributed by atoms with Crippen molar-refractivity contribution in [3.05, 3.63) is 30.1 Å². The van der Waals surface area contributed by atoms with Crippen LogP contribution in [0.2, 0.25) is 0 Å². The third kappa shape index (κ3) is 3.80. The molecule has 160 valence electrons. The zero-order valence-electron chi connectivity index (χ0n) is 16.5. The highest BCUT2D eigenvalue weighted by Crippen LogP contribution is 2.55. The number of nitrogens with one attached hydrogen (secondary N) is 3. The van der Waals surface area contributed by atoms with Crippen LogP contribution in [-0.4, -0.2) is 31.4 Å². The van der Waals surface area contributed by atoms with Crippen LogP contribution in [0.15, 0.2) is 29.2 Å². The number of benzene rings is 1. The van der Waals surface area contributed by atoms with Gasteiger partial charge in [-0.05, 0) is 87.6 Å². The third-order valence-corrected chi connectivity index (χ3v) is 8.94. The Hall–Kier alpha value is -1.22. The number of sulfonamides is 1. The zero-order chi connectivity index (χ0) is 21.0. The molecule has 29 heavy (non-hydrogen) atoms. The minimum Gasteiger partial charge on any atom is -0.351 e. The average molecular weight is 444 g/mol. The van der Waals surface area contributed by atoms with E-state index in [1.54, 1.807) is 0 Å². The average Bonchev–Trinajstić information content (AvgIpc) is 2.63. The molecular weight excluding hydrogens is 417 g/mol. The van der Waals surface area contributed by atoms with Crippen LogP contribution in [0.4, 0.5) is 4.39 Å². The van der Waals surface area contributed by atoms with Gasteiger partial charge in [0.25, 0.3) is 0 Å². The van der Waals surface area contributed by atoms with Crippen LogP contribution >= 0.6 is 11.8 Å². The molecule has 0 saturated heterocycles. The Morgan fingerprint density at radius 2 is 1.79 bits per heavy atom. The maximum Gasteiger partial charge on any atom is 0.244 e. The predicted molar refractivity (Wildman–Crippen MR) is 108 cm³/mol. The van der Waals surface area contributed by atoms with E-state index in [-0.39, 0.29) is 11.6 Å². The van der Waals surface area contributed by atoms with Crippen LogP contribution in [0.5, 0.6) is 0 Å². The molecule has 2 atom stereocenters. The van der Waals surface area contributed by atoms with E-state index in [1.165, 1.54) is 32.0 Å². The minimum absolute atomic E-state index is 0.00873. The highest BCUT2D eigenvalue weighted by Gasteiger charge is 2.56. The molecule has 4 aliphatic rings. The van der Waals surface area contributed by atoms with Crippen molar-refractivity contribution in [3.8, 4) is 0 Å². The van der Waals surface area contributed by atoms with Crippen molar-refractivity contribution in [1.82, 2.24) is 14.9 Å². The summed E-state index contributed by atoms with van der Waals surface area (Å²) < 4.78 is 41.6. The summed E-state index contributed by atoms with van der Waals surface area (Å²) in [5.41, 5.74) is -1.46. The van der Waals surface area contributed by atoms with Crippen molar-refractivity contribution in [2.75, 3.05) is 0 Å². The fourth-order valence-corrected chi connectivity index (χ4v) is 7.50. The largest absolute Gasteiger partial charge is 0.351 e. The molecule has 1 aromatic carbocycles. The molecule has 6 nitrogen and oxygen atoms in total. The Kier molecular flexibility index (Phi) is 5.21. The van der Waals surface area contributed by atoms with Gasteiger partial charge in [-0.3, -0.25) is 4.79 Å². The van der Waals surface area contributed by atoms with Gasteiger partial charge in [-0.25, -0.2) is 17.6 Å². The molecule has 1 amide bonds. The van der Waals surface area contributed by atoms with E-state index in [9.17, 15) is 17.6 Å². The van der Waals surface area contributed by atoms with Gasteiger partial charge in [0.05, 0.1) is 0 Å². The summed E-state index contributed by atoms with van der Waals surface area (Å²) in [5.74, 6) is 0.0317. The topological polar surface area (TPSA) is 87.3 Å². The molecule has 5 rings (SSSR count). The summed E-state index contributed by atoms with van der Waals surface area (Å²) in [5, 5.41) is 3.10. The quantitative estimate of drug-likeness (QED) is 0.590. The first-order valence-electron chi connectivity index (χ1n) is 10.0. The normalized spacial score (nSPS) is 33.7. The van der Waals surface area contributed by atoms with Crippen molar-refractivity contribution in [2.24, 2.45) is 17.8 Å². The standard InChI is InChI=1S/C20H27ClFN3O3S/c1-19(2,25-29(27,28)16-6-4-3-5-15(16)22)18(26)23-17-13-7-12-8-14(17)11-20(9-12,10-13)24-21/h3-6,12-14,17,24-25H,7-11H2,1-2H3,(H,23,26). The van der Waals surface area contributed by atoms with Crippen LogP contribution in [-0.2, 0) is 14.8 Å². The lowest BCUT2D eigenvalue weighted by Crippen LogP contribution is -2.66. The number of carbonyl (C=O) groups is 1. The lowest BCUT2D eigenvalue weighted by atomic mass is 9.51. The van der Waals surface area contributed by atoms with E-state index in [0.717, 1.165) is 38.2 Å². The first-order chi connectivity index (χ1) is 13.6. The molecular formula is C20H27ClFN3O3S. The fourth-order valence-electron chi connectivity index (χ4n) is 5.81. The lowest BCUT2D eigenvalue weighted by Gasteiger charge is -2.59. The molecule has 4 saturated carbocycles. The SMILES string of the molecule is CC(C)(NS(=O)(=O)c1ccccc1F)C(=O)NC1C2CC3CC1CC(NCl)(C3)C2. The molecule has 0 heterocycles.